The predicted molar refractivity (Wildman–Crippen MR) is 78.0 cm³/mol. The quantitative estimate of drug-likeness (QED) is 0.791. The van der Waals surface area contributed by atoms with Crippen molar-refractivity contribution < 1.29 is 4.39 Å². The number of halogens is 1. The number of hydrogen-bond acceptors (Lipinski definition) is 2. The molecule has 0 spiro atoms. The van der Waals surface area contributed by atoms with Crippen LogP contribution in [0.5, 0.6) is 0 Å². The summed E-state index contributed by atoms with van der Waals surface area (Å²) in [5.41, 5.74) is 8.80. The van der Waals surface area contributed by atoms with Crippen LogP contribution < -0.4 is 5.73 Å². The molecular formula is C16H16FN3. The first-order chi connectivity index (χ1) is 9.78. The number of nitrogens with two attached hydrogens (primary N) is 1. The minimum atomic E-state index is -0.218. The van der Waals surface area contributed by atoms with E-state index in [1.807, 2.05) is 24.3 Å². The van der Waals surface area contributed by atoms with E-state index in [2.05, 4.69) is 9.55 Å². The van der Waals surface area contributed by atoms with Crippen molar-refractivity contribution >= 4 is 11.0 Å². The van der Waals surface area contributed by atoms with Gasteiger partial charge in [0.15, 0.2) is 0 Å². The van der Waals surface area contributed by atoms with Gasteiger partial charge >= 0.3 is 0 Å². The molecule has 3 nitrogen and oxygen atoms in total. The lowest BCUT2D eigenvalue weighted by Crippen LogP contribution is -2.12. The molecule has 0 amide bonds. The normalized spacial score (nSPS) is 11.1. The Morgan fingerprint density at radius 1 is 1.05 bits per heavy atom. The van der Waals surface area contributed by atoms with Crippen molar-refractivity contribution in [1.29, 1.82) is 0 Å². The Kier molecular flexibility index (Phi) is 3.48. The van der Waals surface area contributed by atoms with Crippen LogP contribution in [-0.4, -0.2) is 16.1 Å². The van der Waals surface area contributed by atoms with Gasteiger partial charge in [0.1, 0.15) is 11.6 Å². The lowest BCUT2D eigenvalue weighted by molar-refractivity contribution is 0.626. The fourth-order valence-electron chi connectivity index (χ4n) is 2.42. The molecule has 0 unspecified atom stereocenters. The van der Waals surface area contributed by atoms with E-state index >= 15 is 0 Å². The Hall–Kier alpha value is -2.20. The molecular weight excluding hydrogens is 253 g/mol. The van der Waals surface area contributed by atoms with E-state index < -0.39 is 0 Å². The number of rotatable bonds is 4. The second-order valence-corrected chi connectivity index (χ2v) is 4.76. The van der Waals surface area contributed by atoms with E-state index in [4.69, 9.17) is 5.73 Å². The second kappa shape index (κ2) is 5.43. The number of aromatic nitrogens is 2. The fraction of sp³-hybridized carbons (Fsp3) is 0.188. The third kappa shape index (κ3) is 2.42. The highest BCUT2D eigenvalue weighted by molar-refractivity contribution is 5.76. The Morgan fingerprint density at radius 2 is 1.80 bits per heavy atom. The van der Waals surface area contributed by atoms with Crippen molar-refractivity contribution in [3.63, 3.8) is 0 Å². The van der Waals surface area contributed by atoms with Gasteiger partial charge < -0.3 is 10.3 Å². The molecule has 0 saturated carbocycles. The van der Waals surface area contributed by atoms with Crippen molar-refractivity contribution in [2.75, 3.05) is 6.54 Å². The molecule has 3 rings (SSSR count). The largest absolute Gasteiger partial charge is 0.329 e. The van der Waals surface area contributed by atoms with Crippen molar-refractivity contribution in [1.82, 2.24) is 9.55 Å². The van der Waals surface area contributed by atoms with Crippen LogP contribution in [-0.2, 0) is 13.0 Å². The maximum atomic E-state index is 13.0. The first kappa shape index (κ1) is 12.8. The molecule has 0 aliphatic heterocycles. The summed E-state index contributed by atoms with van der Waals surface area (Å²) in [5.74, 6) is 0.743. The highest BCUT2D eigenvalue weighted by Crippen LogP contribution is 2.18. The molecule has 0 radical (unpaired) electrons. The number of benzene rings is 2. The number of fused-ring (bicyclic) bond motifs is 1. The lowest BCUT2D eigenvalue weighted by Gasteiger charge is -2.07. The summed E-state index contributed by atoms with van der Waals surface area (Å²) < 4.78 is 15.1. The number of nitrogens with zero attached hydrogens (tertiary/aromatic N) is 2. The Bertz CT molecular complexity index is 716. The maximum Gasteiger partial charge on any atom is 0.123 e. The summed E-state index contributed by atoms with van der Waals surface area (Å²) in [6.45, 7) is 1.30. The molecule has 2 aromatic carbocycles. The number of imidazole rings is 1. The highest BCUT2D eigenvalue weighted by Gasteiger charge is 2.10. The zero-order valence-corrected chi connectivity index (χ0v) is 11.1. The Morgan fingerprint density at radius 3 is 2.55 bits per heavy atom. The van der Waals surface area contributed by atoms with E-state index in [9.17, 15) is 4.39 Å². The van der Waals surface area contributed by atoms with E-state index in [1.165, 1.54) is 12.1 Å². The van der Waals surface area contributed by atoms with Gasteiger partial charge in [-0.1, -0.05) is 24.3 Å². The zero-order valence-electron chi connectivity index (χ0n) is 11.1. The average Bonchev–Trinajstić information content (AvgIpc) is 2.80. The van der Waals surface area contributed by atoms with Crippen LogP contribution >= 0.6 is 0 Å². The number of hydrogen-bond donors (Lipinski definition) is 1. The van der Waals surface area contributed by atoms with Crippen LogP contribution in [0.4, 0.5) is 4.39 Å². The van der Waals surface area contributed by atoms with E-state index in [0.717, 1.165) is 29.0 Å². The molecule has 0 saturated heterocycles. The summed E-state index contributed by atoms with van der Waals surface area (Å²) in [4.78, 5) is 4.66. The van der Waals surface area contributed by atoms with Crippen LogP contribution in [0, 0.1) is 5.82 Å². The molecule has 102 valence electrons. The van der Waals surface area contributed by atoms with Crippen molar-refractivity contribution in [2.45, 2.75) is 13.0 Å². The van der Waals surface area contributed by atoms with Gasteiger partial charge in [0.25, 0.3) is 0 Å². The molecule has 1 heterocycles. The van der Waals surface area contributed by atoms with Crippen molar-refractivity contribution in [2.24, 2.45) is 5.73 Å². The second-order valence-electron chi connectivity index (χ2n) is 4.76. The smallest absolute Gasteiger partial charge is 0.123 e. The molecule has 4 heteroatoms. The molecule has 0 bridgehead atoms. The predicted octanol–water partition coefficient (Wildman–Crippen LogP) is 2.72. The van der Waals surface area contributed by atoms with Gasteiger partial charge in [-0.3, -0.25) is 0 Å². The van der Waals surface area contributed by atoms with Crippen LogP contribution in [0.25, 0.3) is 11.0 Å². The molecule has 0 aliphatic carbocycles. The molecule has 1 aromatic heterocycles. The first-order valence-electron chi connectivity index (χ1n) is 6.66. The zero-order chi connectivity index (χ0) is 13.9. The summed E-state index contributed by atoms with van der Waals surface area (Å²) in [6.07, 6.45) is 0.676. The standard InChI is InChI=1S/C16H16FN3/c17-13-7-5-12(6-8-13)11-16-19-14-3-1-2-4-15(14)20(16)10-9-18/h1-8H,9-11,18H2. The van der Waals surface area contributed by atoms with E-state index in [0.29, 0.717) is 13.0 Å². The van der Waals surface area contributed by atoms with Gasteiger partial charge in [0.05, 0.1) is 11.0 Å². The van der Waals surface area contributed by atoms with Gasteiger partial charge in [-0.15, -0.1) is 0 Å². The molecule has 0 aliphatic rings. The van der Waals surface area contributed by atoms with E-state index in [-0.39, 0.29) is 5.82 Å². The molecule has 3 aromatic rings. The minimum absolute atomic E-state index is 0.218. The molecule has 0 fully saturated rings. The van der Waals surface area contributed by atoms with Crippen LogP contribution in [0.1, 0.15) is 11.4 Å². The van der Waals surface area contributed by atoms with Gasteiger partial charge in [0, 0.05) is 19.5 Å². The summed E-state index contributed by atoms with van der Waals surface area (Å²) in [5, 5.41) is 0. The van der Waals surface area contributed by atoms with Crippen LogP contribution in [0.3, 0.4) is 0 Å². The summed E-state index contributed by atoms with van der Waals surface area (Å²) >= 11 is 0. The Labute approximate surface area is 116 Å². The average molecular weight is 269 g/mol. The number of para-hydroxylation sites is 2. The van der Waals surface area contributed by atoms with Crippen molar-refractivity contribution in [3.05, 3.63) is 65.7 Å². The topological polar surface area (TPSA) is 43.8 Å². The van der Waals surface area contributed by atoms with Gasteiger partial charge in [-0.2, -0.15) is 0 Å². The van der Waals surface area contributed by atoms with Gasteiger partial charge in [-0.05, 0) is 29.8 Å². The van der Waals surface area contributed by atoms with E-state index in [1.54, 1.807) is 12.1 Å². The van der Waals surface area contributed by atoms with Gasteiger partial charge in [0.2, 0.25) is 0 Å². The van der Waals surface area contributed by atoms with Crippen molar-refractivity contribution in [3.8, 4) is 0 Å². The minimum Gasteiger partial charge on any atom is -0.329 e. The maximum absolute atomic E-state index is 13.0. The third-order valence-electron chi connectivity index (χ3n) is 3.36. The fourth-order valence-corrected chi connectivity index (χ4v) is 2.42. The highest BCUT2D eigenvalue weighted by atomic mass is 19.1. The van der Waals surface area contributed by atoms with Gasteiger partial charge in [-0.25, -0.2) is 9.37 Å². The SMILES string of the molecule is NCCn1c(Cc2ccc(F)cc2)nc2ccccc21. The Balaban J connectivity index is 2.01. The first-order valence-corrected chi connectivity index (χ1v) is 6.66. The molecule has 2 N–H and O–H groups in total. The summed E-state index contributed by atoms with van der Waals surface area (Å²) in [7, 11) is 0. The monoisotopic (exact) mass is 269 g/mol. The third-order valence-corrected chi connectivity index (χ3v) is 3.36. The molecule has 20 heavy (non-hydrogen) atoms. The van der Waals surface area contributed by atoms with Crippen LogP contribution in [0.15, 0.2) is 48.5 Å². The summed E-state index contributed by atoms with van der Waals surface area (Å²) in [6, 6.07) is 14.6. The molecule has 0 atom stereocenters. The lowest BCUT2D eigenvalue weighted by atomic mass is 10.1. The van der Waals surface area contributed by atoms with Crippen LogP contribution in [0.2, 0.25) is 0 Å².